The molecule has 0 aromatic heterocycles. The fourth-order valence-corrected chi connectivity index (χ4v) is 2.38. The molecule has 0 atom stereocenters. The van der Waals surface area contributed by atoms with Gasteiger partial charge in [0.2, 0.25) is 15.9 Å². The van der Waals surface area contributed by atoms with Crippen LogP contribution in [0.25, 0.3) is 0 Å². The largest absolute Gasteiger partial charge is 0.324 e. The van der Waals surface area contributed by atoms with Crippen molar-refractivity contribution in [1.29, 1.82) is 0 Å². The van der Waals surface area contributed by atoms with Gasteiger partial charge in [-0.15, -0.1) is 0 Å². The second kappa shape index (κ2) is 5.39. The Morgan fingerprint density at radius 3 is 2.10 bits per heavy atom. The van der Waals surface area contributed by atoms with Crippen molar-refractivity contribution < 1.29 is 21.6 Å². The first-order chi connectivity index (χ1) is 9.26. The molecule has 9 heteroatoms. The lowest BCUT2D eigenvalue weighted by atomic mass is 10.1. The number of nitrogens with one attached hydrogen (secondary N) is 1. The van der Waals surface area contributed by atoms with Gasteiger partial charge in [-0.25, -0.2) is 22.0 Å². The number of sulfonamides is 1. The molecular weight excluding hydrogens is 316 g/mol. The number of hydrogen-bond donors (Lipinski definition) is 2. The molecular formula is C12H18N2O5S2. The number of aryl methyl sites for hydroxylation is 1. The summed E-state index contributed by atoms with van der Waals surface area (Å²) < 4.78 is 44.0. The van der Waals surface area contributed by atoms with Crippen LogP contribution in [0, 0.1) is 6.92 Å². The molecule has 0 heterocycles. The van der Waals surface area contributed by atoms with E-state index in [1.807, 2.05) is 0 Å². The molecule has 0 aliphatic heterocycles. The molecule has 7 nitrogen and oxygen atoms in total. The lowest BCUT2D eigenvalue weighted by molar-refractivity contribution is -0.117. The Morgan fingerprint density at radius 2 is 1.71 bits per heavy atom. The monoisotopic (exact) mass is 334 g/mol. The van der Waals surface area contributed by atoms with Crippen LogP contribution in [-0.4, -0.2) is 33.7 Å². The molecule has 21 heavy (non-hydrogen) atoms. The van der Waals surface area contributed by atoms with E-state index < -0.39 is 30.5 Å². The van der Waals surface area contributed by atoms with E-state index in [2.05, 4.69) is 5.32 Å². The van der Waals surface area contributed by atoms with Crippen LogP contribution >= 0.6 is 0 Å². The van der Waals surface area contributed by atoms with Crippen molar-refractivity contribution in [3.05, 3.63) is 23.8 Å². The Labute approximate surface area is 124 Å². The highest BCUT2D eigenvalue weighted by Crippen LogP contribution is 2.22. The van der Waals surface area contributed by atoms with E-state index in [4.69, 9.17) is 5.14 Å². The smallest absolute Gasteiger partial charge is 0.245 e. The average Bonchev–Trinajstić information content (AvgIpc) is 2.28. The summed E-state index contributed by atoms with van der Waals surface area (Å²) in [6.07, 6.45) is 0.976. The van der Waals surface area contributed by atoms with Gasteiger partial charge in [0.1, 0.15) is 4.75 Å². The molecule has 0 saturated carbocycles. The topological polar surface area (TPSA) is 123 Å². The van der Waals surface area contributed by atoms with Gasteiger partial charge < -0.3 is 5.32 Å². The van der Waals surface area contributed by atoms with Crippen LogP contribution in [0.5, 0.6) is 0 Å². The molecule has 0 unspecified atom stereocenters. The quantitative estimate of drug-likeness (QED) is 0.825. The van der Waals surface area contributed by atoms with Gasteiger partial charge in [0.05, 0.1) is 4.90 Å². The van der Waals surface area contributed by atoms with Crippen LogP contribution in [0.2, 0.25) is 0 Å². The number of anilines is 1. The normalized spacial score (nSPS) is 13.0. The lowest BCUT2D eigenvalue weighted by Gasteiger charge is -2.22. The molecule has 1 aromatic carbocycles. The summed E-state index contributed by atoms with van der Waals surface area (Å²) in [5.41, 5.74) is 0.781. The van der Waals surface area contributed by atoms with Gasteiger partial charge >= 0.3 is 0 Å². The minimum atomic E-state index is -3.83. The minimum Gasteiger partial charge on any atom is -0.324 e. The summed E-state index contributed by atoms with van der Waals surface area (Å²) in [7, 11) is -7.42. The number of hydrogen-bond acceptors (Lipinski definition) is 5. The summed E-state index contributed by atoms with van der Waals surface area (Å²) >= 11 is 0. The molecule has 0 saturated heterocycles. The number of primary sulfonamides is 1. The summed E-state index contributed by atoms with van der Waals surface area (Å²) in [6, 6.07) is 3.91. The van der Waals surface area contributed by atoms with E-state index in [0.29, 0.717) is 11.3 Å². The molecule has 1 aromatic rings. The van der Waals surface area contributed by atoms with Gasteiger partial charge in [-0.3, -0.25) is 4.79 Å². The zero-order valence-corrected chi connectivity index (χ0v) is 13.8. The molecule has 1 amide bonds. The van der Waals surface area contributed by atoms with Crippen molar-refractivity contribution in [1.82, 2.24) is 0 Å². The van der Waals surface area contributed by atoms with Crippen LogP contribution in [0.1, 0.15) is 19.4 Å². The van der Waals surface area contributed by atoms with Gasteiger partial charge in [0.25, 0.3) is 0 Å². The van der Waals surface area contributed by atoms with Gasteiger partial charge in [-0.2, -0.15) is 0 Å². The molecule has 0 spiro atoms. The van der Waals surface area contributed by atoms with Gasteiger partial charge in [0, 0.05) is 11.9 Å². The first-order valence-electron chi connectivity index (χ1n) is 5.91. The Bertz CT molecular complexity index is 780. The van der Waals surface area contributed by atoms with E-state index in [0.717, 1.165) is 6.26 Å². The number of rotatable bonds is 4. The number of carbonyl (C=O) groups is 1. The second-order valence-electron chi connectivity index (χ2n) is 5.26. The van der Waals surface area contributed by atoms with Crippen molar-refractivity contribution in [2.45, 2.75) is 30.4 Å². The first-order valence-corrected chi connectivity index (χ1v) is 9.35. The Hall–Kier alpha value is -1.45. The summed E-state index contributed by atoms with van der Waals surface area (Å²) in [5, 5.41) is 7.49. The Balaban J connectivity index is 3.14. The van der Waals surface area contributed by atoms with E-state index in [1.165, 1.54) is 32.0 Å². The summed E-state index contributed by atoms with van der Waals surface area (Å²) in [5.74, 6) is -0.698. The van der Waals surface area contributed by atoms with Crippen molar-refractivity contribution >= 4 is 31.5 Å². The van der Waals surface area contributed by atoms with Crippen LogP contribution < -0.4 is 10.5 Å². The third-order valence-corrected chi connectivity index (χ3v) is 6.20. The summed E-state index contributed by atoms with van der Waals surface area (Å²) in [6.45, 7) is 4.18. The average molecular weight is 334 g/mol. The molecule has 0 aliphatic rings. The number of carbonyl (C=O) groups excluding carboxylic acids is 1. The van der Waals surface area contributed by atoms with Crippen molar-refractivity contribution in [2.75, 3.05) is 11.6 Å². The highest BCUT2D eigenvalue weighted by molar-refractivity contribution is 7.92. The van der Waals surface area contributed by atoms with E-state index in [-0.39, 0.29) is 4.90 Å². The SMILES string of the molecule is Cc1cc(S(N)(=O)=O)ccc1NC(=O)C(C)(C)S(C)(=O)=O. The van der Waals surface area contributed by atoms with Crippen molar-refractivity contribution in [3.8, 4) is 0 Å². The van der Waals surface area contributed by atoms with Gasteiger partial charge in [-0.1, -0.05) is 0 Å². The highest BCUT2D eigenvalue weighted by atomic mass is 32.2. The molecule has 0 radical (unpaired) electrons. The highest BCUT2D eigenvalue weighted by Gasteiger charge is 2.38. The first kappa shape index (κ1) is 17.6. The third kappa shape index (κ3) is 3.80. The molecule has 118 valence electrons. The number of benzene rings is 1. The van der Waals surface area contributed by atoms with Gasteiger partial charge in [-0.05, 0) is 44.5 Å². The van der Waals surface area contributed by atoms with Crippen LogP contribution in [0.15, 0.2) is 23.1 Å². The predicted octanol–water partition coefficient (Wildman–Crippen LogP) is 0.404. The van der Waals surface area contributed by atoms with Crippen LogP contribution in [0.4, 0.5) is 5.69 Å². The Morgan fingerprint density at radius 1 is 1.19 bits per heavy atom. The zero-order chi connectivity index (χ0) is 16.6. The third-order valence-electron chi connectivity index (χ3n) is 3.25. The standard InChI is InChI=1S/C12H18N2O5S2/c1-8-7-9(21(13,18)19)5-6-10(8)14-11(15)12(2,3)20(4,16)17/h5-7H,1-4H3,(H,14,15)(H2,13,18,19). The van der Waals surface area contributed by atoms with E-state index >= 15 is 0 Å². The fraction of sp³-hybridized carbons (Fsp3) is 0.417. The molecule has 0 bridgehead atoms. The van der Waals surface area contributed by atoms with Gasteiger partial charge in [0.15, 0.2) is 9.84 Å². The number of nitrogens with two attached hydrogens (primary N) is 1. The van der Waals surface area contributed by atoms with Crippen LogP contribution in [0.3, 0.4) is 0 Å². The van der Waals surface area contributed by atoms with E-state index in [9.17, 15) is 21.6 Å². The second-order valence-corrected chi connectivity index (χ2v) is 9.38. The number of amides is 1. The predicted molar refractivity (Wildman–Crippen MR) is 80.1 cm³/mol. The molecule has 3 N–H and O–H groups in total. The number of sulfone groups is 1. The van der Waals surface area contributed by atoms with Crippen molar-refractivity contribution in [2.24, 2.45) is 5.14 Å². The maximum absolute atomic E-state index is 12.1. The van der Waals surface area contributed by atoms with E-state index in [1.54, 1.807) is 6.92 Å². The van der Waals surface area contributed by atoms with Crippen LogP contribution in [-0.2, 0) is 24.7 Å². The zero-order valence-electron chi connectivity index (χ0n) is 12.2. The maximum Gasteiger partial charge on any atom is 0.245 e. The molecule has 0 aliphatic carbocycles. The molecule has 1 rings (SSSR count). The minimum absolute atomic E-state index is 0.0830. The summed E-state index contributed by atoms with van der Waals surface area (Å²) in [4.78, 5) is 12.0. The Kier molecular flexibility index (Phi) is 4.52. The molecule has 0 fully saturated rings. The maximum atomic E-state index is 12.1. The van der Waals surface area contributed by atoms with Crippen molar-refractivity contribution in [3.63, 3.8) is 0 Å². The lowest BCUT2D eigenvalue weighted by Crippen LogP contribution is -2.44. The fourth-order valence-electron chi connectivity index (χ4n) is 1.39.